The minimum absolute atomic E-state index is 0.0282. The van der Waals surface area contributed by atoms with E-state index in [1.54, 1.807) is 74.5 Å². The zero-order valence-electron chi connectivity index (χ0n) is 33.2. The molecule has 0 saturated heterocycles. The molecule has 18 nitrogen and oxygen atoms in total. The van der Waals surface area contributed by atoms with Crippen LogP contribution >= 0.6 is 0 Å². The smallest absolute Gasteiger partial charge is 0.326 e. The minimum Gasteiger partial charge on any atom is -0.480 e. The molecular formula is C40H54N8O10. The van der Waals surface area contributed by atoms with E-state index in [4.69, 9.17) is 5.73 Å². The summed E-state index contributed by atoms with van der Waals surface area (Å²) >= 11 is 0. The van der Waals surface area contributed by atoms with E-state index in [9.17, 15) is 48.3 Å². The third kappa shape index (κ3) is 17.9. The van der Waals surface area contributed by atoms with Gasteiger partial charge in [-0.3, -0.25) is 38.4 Å². The van der Waals surface area contributed by atoms with Gasteiger partial charge in [-0.2, -0.15) is 0 Å². The summed E-state index contributed by atoms with van der Waals surface area (Å²) in [6.07, 6.45) is 1.91. The van der Waals surface area contributed by atoms with Crippen LogP contribution in [0.4, 0.5) is 0 Å². The van der Waals surface area contributed by atoms with Crippen molar-refractivity contribution < 1.29 is 48.3 Å². The molecule has 314 valence electrons. The fraction of sp³-hybridized carbons (Fsp3) is 0.425. The zero-order valence-corrected chi connectivity index (χ0v) is 33.2. The first-order valence-corrected chi connectivity index (χ1v) is 18.7. The summed E-state index contributed by atoms with van der Waals surface area (Å²) in [6, 6.07) is 11.8. The maximum Gasteiger partial charge on any atom is 0.326 e. The summed E-state index contributed by atoms with van der Waals surface area (Å²) in [5.41, 5.74) is 6.85. The van der Waals surface area contributed by atoms with Crippen LogP contribution in [0.5, 0.6) is 0 Å². The molecule has 2 aromatic rings. The van der Waals surface area contributed by atoms with E-state index in [1.807, 2.05) is 13.8 Å². The first kappa shape index (κ1) is 47.6. The van der Waals surface area contributed by atoms with Crippen LogP contribution in [0.2, 0.25) is 0 Å². The Labute approximate surface area is 336 Å². The summed E-state index contributed by atoms with van der Waals surface area (Å²) in [5, 5.41) is 26.5. The highest BCUT2D eigenvalue weighted by Gasteiger charge is 2.31. The Kier molecular flexibility index (Phi) is 19.8. The largest absolute Gasteiger partial charge is 0.480 e. The Morgan fingerprint density at radius 3 is 1.60 bits per heavy atom. The summed E-state index contributed by atoms with van der Waals surface area (Å²) in [5.74, 6) is -7.63. The van der Waals surface area contributed by atoms with Gasteiger partial charge in [-0.25, -0.2) is 4.79 Å². The number of rotatable bonds is 23. The van der Waals surface area contributed by atoms with Crippen molar-refractivity contribution >= 4 is 53.2 Å². The number of carboxylic acid groups (broad SMARTS) is 1. The Bertz CT molecular complexity index is 1790. The number of primary amides is 1. The second kappa shape index (κ2) is 24.1. The second-order valence-electron chi connectivity index (χ2n) is 14.3. The fourth-order valence-electron chi connectivity index (χ4n) is 5.39. The number of aliphatic carboxylic acids is 1. The van der Waals surface area contributed by atoms with E-state index in [-0.39, 0.29) is 31.1 Å². The summed E-state index contributed by atoms with van der Waals surface area (Å²) in [7, 11) is 0. The lowest BCUT2D eigenvalue weighted by molar-refractivity contribution is -0.141. The lowest BCUT2D eigenvalue weighted by atomic mass is 9.99. The molecule has 0 aliphatic rings. The van der Waals surface area contributed by atoms with Crippen molar-refractivity contribution in [2.24, 2.45) is 17.6 Å². The first-order chi connectivity index (χ1) is 27.4. The number of amides is 8. The van der Waals surface area contributed by atoms with Crippen LogP contribution in [0.1, 0.15) is 52.2 Å². The molecular weight excluding hydrogens is 752 g/mol. The molecule has 0 bridgehead atoms. The summed E-state index contributed by atoms with van der Waals surface area (Å²) < 4.78 is 0. The number of carboxylic acids is 1. The number of hydrogen-bond acceptors (Lipinski definition) is 9. The van der Waals surface area contributed by atoms with Crippen LogP contribution in [0.15, 0.2) is 72.8 Å². The van der Waals surface area contributed by atoms with Crippen molar-refractivity contribution in [2.75, 3.05) is 13.1 Å². The Balaban J connectivity index is 1.95. The number of carbonyl (C=O) groups excluding carboxylic acids is 8. The molecule has 0 aromatic heterocycles. The van der Waals surface area contributed by atoms with Gasteiger partial charge in [0.05, 0.1) is 13.1 Å². The van der Waals surface area contributed by atoms with Crippen molar-refractivity contribution in [3.05, 3.63) is 83.9 Å². The average Bonchev–Trinajstić information content (AvgIpc) is 3.16. The molecule has 0 unspecified atom stereocenters. The monoisotopic (exact) mass is 806 g/mol. The lowest BCUT2D eigenvalue weighted by Gasteiger charge is -2.27. The molecule has 8 amide bonds. The molecule has 58 heavy (non-hydrogen) atoms. The van der Waals surface area contributed by atoms with E-state index in [1.165, 1.54) is 6.92 Å². The fourth-order valence-corrected chi connectivity index (χ4v) is 5.39. The van der Waals surface area contributed by atoms with Gasteiger partial charge in [0, 0.05) is 25.0 Å². The molecule has 0 saturated carbocycles. The topological polar surface area (TPSA) is 284 Å². The highest BCUT2D eigenvalue weighted by Crippen LogP contribution is 2.10. The van der Waals surface area contributed by atoms with Gasteiger partial charge in [0.2, 0.25) is 47.3 Å². The SMILES string of the molecule is CC(C)C[C@H](NC(=O)[C@H](Cc1ccccc1)NC(=O)[C@H](C)NC(=O)/C=C/C(=O)NCC(=O)NCC(=O)N[C@@H](Cc1ccccc1)C(=O)O)C(=O)N[C@H](C(N)=O)C(C)C. The Morgan fingerprint density at radius 2 is 1.09 bits per heavy atom. The lowest BCUT2D eigenvalue weighted by Crippen LogP contribution is -2.59. The highest BCUT2D eigenvalue weighted by molar-refractivity contribution is 6.00. The van der Waals surface area contributed by atoms with Gasteiger partial charge < -0.3 is 48.1 Å². The van der Waals surface area contributed by atoms with E-state index in [0.29, 0.717) is 11.1 Å². The normalized spacial score (nSPS) is 13.6. The standard InChI is InChI=1S/C40H54N8O10/c1-23(2)18-28(39(56)48-35(24(3)4)36(41)53)47-38(55)29(19-26-12-8-6-9-13-26)46-37(54)25(5)44-32(50)17-16-31(49)42-21-33(51)43-22-34(52)45-30(40(57)58)20-27-14-10-7-11-15-27/h6-17,23-25,28-30,35H,18-22H2,1-5H3,(H2,41,53)(H,42,49)(H,43,51)(H,44,50)(H,45,52)(H,46,54)(H,47,55)(H,48,56)(H,57,58)/b17-16+/t25-,28-,29-,30-,35-/m0/s1. The van der Waals surface area contributed by atoms with Crippen LogP contribution in [0, 0.1) is 11.8 Å². The van der Waals surface area contributed by atoms with Crippen LogP contribution in [-0.2, 0) is 56.0 Å². The first-order valence-electron chi connectivity index (χ1n) is 18.7. The van der Waals surface area contributed by atoms with Crippen molar-refractivity contribution in [1.29, 1.82) is 0 Å². The molecule has 5 atom stereocenters. The van der Waals surface area contributed by atoms with E-state index in [2.05, 4.69) is 37.2 Å². The van der Waals surface area contributed by atoms with Gasteiger partial charge in [-0.05, 0) is 36.3 Å². The average molecular weight is 807 g/mol. The molecule has 0 aliphatic heterocycles. The molecule has 0 aliphatic carbocycles. The molecule has 2 aromatic carbocycles. The van der Waals surface area contributed by atoms with Gasteiger partial charge in [0.15, 0.2) is 0 Å². The zero-order chi connectivity index (χ0) is 43.4. The number of benzene rings is 2. The van der Waals surface area contributed by atoms with E-state index < -0.39 is 96.5 Å². The van der Waals surface area contributed by atoms with Gasteiger partial charge in [0.1, 0.15) is 30.2 Å². The van der Waals surface area contributed by atoms with Crippen LogP contribution in [0.25, 0.3) is 0 Å². The number of carbonyl (C=O) groups is 9. The quantitative estimate of drug-likeness (QED) is 0.0616. The molecule has 0 radical (unpaired) electrons. The number of hydrogen-bond donors (Lipinski definition) is 9. The van der Waals surface area contributed by atoms with Crippen LogP contribution < -0.4 is 43.0 Å². The number of nitrogens with one attached hydrogen (secondary N) is 7. The second-order valence-corrected chi connectivity index (χ2v) is 14.3. The number of nitrogens with two attached hydrogens (primary N) is 1. The predicted molar refractivity (Wildman–Crippen MR) is 212 cm³/mol. The summed E-state index contributed by atoms with van der Waals surface area (Å²) in [4.78, 5) is 113. The molecule has 0 fully saturated rings. The third-order valence-corrected chi connectivity index (χ3v) is 8.45. The van der Waals surface area contributed by atoms with Gasteiger partial charge >= 0.3 is 5.97 Å². The molecule has 0 spiro atoms. The Morgan fingerprint density at radius 1 is 0.586 bits per heavy atom. The predicted octanol–water partition coefficient (Wildman–Crippen LogP) is -1.02. The minimum atomic E-state index is -1.26. The van der Waals surface area contributed by atoms with Crippen LogP contribution in [0.3, 0.4) is 0 Å². The van der Waals surface area contributed by atoms with Gasteiger partial charge in [-0.15, -0.1) is 0 Å². The molecule has 10 N–H and O–H groups in total. The summed E-state index contributed by atoms with van der Waals surface area (Å²) in [6.45, 7) is 7.35. The van der Waals surface area contributed by atoms with E-state index in [0.717, 1.165) is 12.2 Å². The van der Waals surface area contributed by atoms with Crippen LogP contribution in [-0.4, -0.2) is 102 Å². The molecule has 2 rings (SSSR count). The third-order valence-electron chi connectivity index (χ3n) is 8.45. The van der Waals surface area contributed by atoms with Gasteiger partial charge in [-0.1, -0.05) is 88.4 Å². The van der Waals surface area contributed by atoms with Crippen molar-refractivity contribution in [3.8, 4) is 0 Å². The molecule has 0 heterocycles. The molecule has 18 heteroatoms. The van der Waals surface area contributed by atoms with Gasteiger partial charge in [0.25, 0.3) is 0 Å². The maximum atomic E-state index is 13.7. The van der Waals surface area contributed by atoms with Crippen molar-refractivity contribution in [3.63, 3.8) is 0 Å². The highest BCUT2D eigenvalue weighted by atomic mass is 16.4. The Hall–Kier alpha value is -6.59. The van der Waals surface area contributed by atoms with Crippen molar-refractivity contribution in [2.45, 2.75) is 84.1 Å². The van der Waals surface area contributed by atoms with Crippen molar-refractivity contribution in [1.82, 2.24) is 37.2 Å². The van der Waals surface area contributed by atoms with E-state index >= 15 is 0 Å². The maximum absolute atomic E-state index is 13.7.